The average Bonchev–Trinajstić information content (AvgIpc) is 2.20. The molecule has 1 atom stereocenters. The summed E-state index contributed by atoms with van der Waals surface area (Å²) in [7, 11) is 0. The van der Waals surface area contributed by atoms with Crippen molar-refractivity contribution in [3.8, 4) is 0 Å². The highest BCUT2D eigenvalue weighted by Crippen LogP contribution is 2.31. The molecule has 1 fully saturated rings. The van der Waals surface area contributed by atoms with E-state index < -0.39 is 0 Å². The molecule has 0 spiro atoms. The second-order valence-electron chi connectivity index (χ2n) is 4.92. The number of hydrogen-bond donors (Lipinski definition) is 0. The van der Waals surface area contributed by atoms with Crippen LogP contribution in [0, 0.1) is 11.3 Å². The van der Waals surface area contributed by atoms with Crippen LogP contribution in [0.2, 0.25) is 0 Å². The summed E-state index contributed by atoms with van der Waals surface area (Å²) in [6, 6.07) is 0. The van der Waals surface area contributed by atoms with Gasteiger partial charge in [0.1, 0.15) is 0 Å². The average molecular weight is 214 g/mol. The molecule has 0 radical (unpaired) electrons. The zero-order valence-corrected chi connectivity index (χ0v) is 10.6. The predicted octanol–water partition coefficient (Wildman–Crippen LogP) is 3.26. The minimum Gasteiger partial charge on any atom is -0.380 e. The maximum absolute atomic E-state index is 5.86. The van der Waals surface area contributed by atoms with E-state index in [9.17, 15) is 0 Å². The van der Waals surface area contributed by atoms with Gasteiger partial charge in [-0.15, -0.1) is 0 Å². The first-order chi connectivity index (χ1) is 7.26. The Balaban J connectivity index is 2.13. The first kappa shape index (κ1) is 13.0. The van der Waals surface area contributed by atoms with E-state index in [-0.39, 0.29) is 0 Å². The monoisotopic (exact) mass is 214 g/mol. The van der Waals surface area contributed by atoms with E-state index in [1.807, 2.05) is 0 Å². The number of rotatable bonds is 8. The normalized spacial score (nSPS) is 21.0. The van der Waals surface area contributed by atoms with Crippen LogP contribution in [0.3, 0.4) is 0 Å². The summed E-state index contributed by atoms with van der Waals surface area (Å²) in [5, 5.41) is 0. The maximum atomic E-state index is 5.86. The molecule has 1 heterocycles. The molecule has 0 saturated carbocycles. The lowest BCUT2D eigenvalue weighted by Gasteiger charge is -2.40. The summed E-state index contributed by atoms with van der Waals surface area (Å²) in [5.41, 5.74) is 0.352. The Morgan fingerprint density at radius 1 is 1.27 bits per heavy atom. The summed E-state index contributed by atoms with van der Waals surface area (Å²) in [4.78, 5) is 0. The molecule has 1 aliphatic heterocycles. The minimum atomic E-state index is 0.352. The van der Waals surface area contributed by atoms with Crippen molar-refractivity contribution < 1.29 is 9.47 Å². The van der Waals surface area contributed by atoms with Crippen molar-refractivity contribution in [2.75, 3.05) is 26.4 Å². The molecule has 0 aliphatic carbocycles. The molecule has 1 rings (SSSR count). The van der Waals surface area contributed by atoms with Crippen LogP contribution in [0.15, 0.2) is 0 Å². The Labute approximate surface area is 94.3 Å². The first-order valence-electron chi connectivity index (χ1n) is 6.41. The van der Waals surface area contributed by atoms with Gasteiger partial charge in [0.15, 0.2) is 0 Å². The second kappa shape index (κ2) is 6.49. The highest BCUT2D eigenvalue weighted by Gasteiger charge is 2.37. The van der Waals surface area contributed by atoms with E-state index in [2.05, 4.69) is 20.8 Å². The fourth-order valence-electron chi connectivity index (χ4n) is 2.04. The van der Waals surface area contributed by atoms with E-state index in [1.54, 1.807) is 0 Å². The molecule has 0 aromatic carbocycles. The fraction of sp³-hybridized carbons (Fsp3) is 1.00. The molecule has 0 N–H and O–H groups in total. The smallest absolute Gasteiger partial charge is 0.0566 e. The molecule has 0 aromatic heterocycles. The van der Waals surface area contributed by atoms with E-state index in [1.165, 1.54) is 25.7 Å². The van der Waals surface area contributed by atoms with Crippen LogP contribution < -0.4 is 0 Å². The van der Waals surface area contributed by atoms with Crippen molar-refractivity contribution >= 4 is 0 Å². The van der Waals surface area contributed by atoms with Crippen molar-refractivity contribution in [2.45, 2.75) is 46.5 Å². The van der Waals surface area contributed by atoms with Gasteiger partial charge in [0.2, 0.25) is 0 Å². The summed E-state index contributed by atoms with van der Waals surface area (Å²) in [6.45, 7) is 10.4. The van der Waals surface area contributed by atoms with Gasteiger partial charge in [-0.05, 0) is 18.8 Å². The molecule has 2 nitrogen and oxygen atoms in total. The lowest BCUT2D eigenvalue weighted by atomic mass is 9.84. The van der Waals surface area contributed by atoms with Gasteiger partial charge in [0, 0.05) is 12.0 Å². The standard InChI is InChI=1S/C13H26O2/c1-4-7-12(5-2)8-14-9-13(6-3)10-15-11-13/h12H,4-11H2,1-3H3. The van der Waals surface area contributed by atoms with Crippen LogP contribution in [0.4, 0.5) is 0 Å². The van der Waals surface area contributed by atoms with Crippen LogP contribution in [-0.2, 0) is 9.47 Å². The lowest BCUT2D eigenvalue weighted by Crippen LogP contribution is -2.46. The van der Waals surface area contributed by atoms with Gasteiger partial charge >= 0.3 is 0 Å². The Kier molecular flexibility index (Phi) is 5.62. The molecule has 1 unspecified atom stereocenters. The minimum absolute atomic E-state index is 0.352. The topological polar surface area (TPSA) is 18.5 Å². The third kappa shape index (κ3) is 3.76. The summed E-state index contributed by atoms with van der Waals surface area (Å²) in [6.07, 6.45) is 4.98. The molecule has 2 heteroatoms. The van der Waals surface area contributed by atoms with Crippen LogP contribution in [0.1, 0.15) is 46.5 Å². The van der Waals surface area contributed by atoms with Crippen molar-refractivity contribution in [3.63, 3.8) is 0 Å². The van der Waals surface area contributed by atoms with Crippen LogP contribution >= 0.6 is 0 Å². The van der Waals surface area contributed by atoms with Crippen molar-refractivity contribution in [2.24, 2.45) is 11.3 Å². The second-order valence-corrected chi connectivity index (χ2v) is 4.92. The molecule has 1 aliphatic rings. The summed E-state index contributed by atoms with van der Waals surface area (Å²) in [5.74, 6) is 0.755. The zero-order valence-electron chi connectivity index (χ0n) is 10.6. The van der Waals surface area contributed by atoms with Gasteiger partial charge in [-0.2, -0.15) is 0 Å². The van der Waals surface area contributed by atoms with Gasteiger partial charge in [0.25, 0.3) is 0 Å². The third-order valence-electron chi connectivity index (χ3n) is 3.60. The molecule has 15 heavy (non-hydrogen) atoms. The lowest BCUT2D eigenvalue weighted by molar-refractivity contribution is -0.152. The van der Waals surface area contributed by atoms with E-state index in [0.29, 0.717) is 5.41 Å². The molecule has 0 aromatic rings. The molecule has 0 amide bonds. The van der Waals surface area contributed by atoms with Crippen molar-refractivity contribution in [1.29, 1.82) is 0 Å². The number of hydrogen-bond acceptors (Lipinski definition) is 2. The molecule has 90 valence electrons. The molecule has 1 saturated heterocycles. The number of ether oxygens (including phenoxy) is 2. The van der Waals surface area contributed by atoms with Crippen LogP contribution in [0.5, 0.6) is 0 Å². The molecular weight excluding hydrogens is 188 g/mol. The first-order valence-corrected chi connectivity index (χ1v) is 6.41. The maximum Gasteiger partial charge on any atom is 0.0566 e. The van der Waals surface area contributed by atoms with Crippen molar-refractivity contribution in [3.05, 3.63) is 0 Å². The highest BCUT2D eigenvalue weighted by molar-refractivity contribution is 4.83. The van der Waals surface area contributed by atoms with Gasteiger partial charge < -0.3 is 9.47 Å². The SMILES string of the molecule is CCCC(CC)COCC1(CC)COC1. The Morgan fingerprint density at radius 3 is 2.40 bits per heavy atom. The fourth-order valence-corrected chi connectivity index (χ4v) is 2.04. The van der Waals surface area contributed by atoms with Crippen LogP contribution in [-0.4, -0.2) is 26.4 Å². The van der Waals surface area contributed by atoms with Gasteiger partial charge in [-0.1, -0.05) is 33.6 Å². The Hall–Kier alpha value is -0.0800. The zero-order chi connectivity index (χ0) is 11.1. The molecule has 0 bridgehead atoms. The Bertz CT molecular complexity index is 158. The summed E-state index contributed by atoms with van der Waals surface area (Å²) < 4.78 is 11.1. The van der Waals surface area contributed by atoms with Crippen molar-refractivity contribution in [1.82, 2.24) is 0 Å². The Morgan fingerprint density at radius 2 is 2.00 bits per heavy atom. The third-order valence-corrected chi connectivity index (χ3v) is 3.60. The van der Waals surface area contributed by atoms with E-state index >= 15 is 0 Å². The van der Waals surface area contributed by atoms with E-state index in [0.717, 1.165) is 32.3 Å². The van der Waals surface area contributed by atoms with Crippen LogP contribution in [0.25, 0.3) is 0 Å². The summed E-state index contributed by atoms with van der Waals surface area (Å²) >= 11 is 0. The largest absolute Gasteiger partial charge is 0.380 e. The molecular formula is C13H26O2. The quantitative estimate of drug-likeness (QED) is 0.617. The predicted molar refractivity (Wildman–Crippen MR) is 63.1 cm³/mol. The van der Waals surface area contributed by atoms with E-state index in [4.69, 9.17) is 9.47 Å². The van der Waals surface area contributed by atoms with Gasteiger partial charge in [-0.3, -0.25) is 0 Å². The van der Waals surface area contributed by atoms with Gasteiger partial charge in [0.05, 0.1) is 19.8 Å². The highest BCUT2D eigenvalue weighted by atomic mass is 16.5. The van der Waals surface area contributed by atoms with Gasteiger partial charge in [-0.25, -0.2) is 0 Å².